The second-order valence-corrected chi connectivity index (χ2v) is 5.34. The van der Waals surface area contributed by atoms with Crippen molar-refractivity contribution < 1.29 is 14.3 Å². The van der Waals surface area contributed by atoms with Gasteiger partial charge in [0, 0.05) is 0 Å². The van der Waals surface area contributed by atoms with Crippen LogP contribution in [0.4, 0.5) is 5.82 Å². The monoisotopic (exact) mass is 288 g/mol. The van der Waals surface area contributed by atoms with E-state index in [2.05, 4.69) is 15.4 Å². The predicted molar refractivity (Wildman–Crippen MR) is 74.6 cm³/mol. The molecule has 1 saturated carbocycles. The zero-order chi connectivity index (χ0) is 14.4. The second-order valence-electron chi connectivity index (χ2n) is 5.34. The first-order chi connectivity index (χ1) is 10.3. The first kappa shape index (κ1) is 12.4. The number of nitrogens with one attached hydrogen (secondary N) is 1. The van der Waals surface area contributed by atoms with Crippen LogP contribution >= 0.6 is 0 Å². The largest absolute Gasteiger partial charge is 0.483 e. The maximum absolute atomic E-state index is 11.9. The van der Waals surface area contributed by atoms with Gasteiger partial charge in [-0.05, 0) is 26.2 Å². The van der Waals surface area contributed by atoms with E-state index in [0.29, 0.717) is 35.4 Å². The molecule has 4 rings (SSSR count). The van der Waals surface area contributed by atoms with Crippen molar-refractivity contribution in [2.75, 3.05) is 11.9 Å². The number of rotatable bonds is 2. The molecule has 110 valence electrons. The van der Waals surface area contributed by atoms with Gasteiger partial charge in [0.2, 0.25) is 0 Å². The number of carbonyl (C=O) groups excluding carboxylic acids is 1. The Labute approximate surface area is 121 Å². The third-order valence-electron chi connectivity index (χ3n) is 4.01. The van der Waals surface area contributed by atoms with E-state index in [1.165, 1.54) is 6.20 Å². The third-order valence-corrected chi connectivity index (χ3v) is 4.01. The van der Waals surface area contributed by atoms with Gasteiger partial charge in [-0.3, -0.25) is 0 Å². The lowest BCUT2D eigenvalue weighted by Gasteiger charge is -2.29. The minimum atomic E-state index is -0.407. The maximum atomic E-state index is 11.9. The SMILES string of the molecule is CCOC(=O)c1cnn2cc3c(nc12)N[C@@H]1CCC[C@@H]1O3. The van der Waals surface area contributed by atoms with Gasteiger partial charge < -0.3 is 14.8 Å². The first-order valence-electron chi connectivity index (χ1n) is 7.25. The number of carbonyl (C=O) groups is 1. The average Bonchev–Trinajstić information content (AvgIpc) is 3.08. The van der Waals surface area contributed by atoms with Crippen molar-refractivity contribution in [3.8, 4) is 5.75 Å². The zero-order valence-corrected chi connectivity index (χ0v) is 11.7. The molecular weight excluding hydrogens is 272 g/mol. The van der Waals surface area contributed by atoms with Gasteiger partial charge in [0.15, 0.2) is 17.2 Å². The van der Waals surface area contributed by atoms with E-state index >= 15 is 0 Å². The molecule has 0 bridgehead atoms. The van der Waals surface area contributed by atoms with Crippen molar-refractivity contribution in [2.45, 2.75) is 38.3 Å². The molecule has 2 aliphatic rings. The van der Waals surface area contributed by atoms with Gasteiger partial charge in [0.05, 0.1) is 25.0 Å². The normalized spacial score (nSPS) is 23.1. The number of hydrogen-bond donors (Lipinski definition) is 1. The number of ether oxygens (including phenoxy) is 2. The van der Waals surface area contributed by atoms with E-state index < -0.39 is 5.97 Å². The molecule has 1 aliphatic carbocycles. The summed E-state index contributed by atoms with van der Waals surface area (Å²) in [5.74, 6) is 0.955. The van der Waals surface area contributed by atoms with Crippen LogP contribution in [-0.2, 0) is 4.74 Å². The number of aromatic nitrogens is 3. The number of anilines is 1. The van der Waals surface area contributed by atoms with Crippen molar-refractivity contribution in [3.63, 3.8) is 0 Å². The van der Waals surface area contributed by atoms with E-state index in [-0.39, 0.29) is 6.10 Å². The van der Waals surface area contributed by atoms with Gasteiger partial charge in [-0.25, -0.2) is 14.3 Å². The topological polar surface area (TPSA) is 77.8 Å². The molecule has 21 heavy (non-hydrogen) atoms. The van der Waals surface area contributed by atoms with Gasteiger partial charge in [-0.15, -0.1) is 0 Å². The average molecular weight is 288 g/mol. The molecule has 1 N–H and O–H groups in total. The summed E-state index contributed by atoms with van der Waals surface area (Å²) in [5, 5.41) is 7.57. The Kier molecular flexibility index (Phi) is 2.73. The molecule has 0 amide bonds. The van der Waals surface area contributed by atoms with Gasteiger partial charge in [-0.1, -0.05) is 0 Å². The molecule has 2 aromatic rings. The third kappa shape index (κ3) is 1.91. The number of hydrogen-bond acceptors (Lipinski definition) is 6. The summed E-state index contributed by atoms with van der Waals surface area (Å²) in [7, 11) is 0. The quantitative estimate of drug-likeness (QED) is 0.846. The van der Waals surface area contributed by atoms with Crippen LogP contribution in [0, 0.1) is 0 Å². The second kappa shape index (κ2) is 4.61. The van der Waals surface area contributed by atoms with Crippen LogP contribution in [-0.4, -0.2) is 39.3 Å². The van der Waals surface area contributed by atoms with Crippen molar-refractivity contribution >= 4 is 17.4 Å². The zero-order valence-electron chi connectivity index (χ0n) is 11.7. The number of fused-ring (bicyclic) bond motifs is 3. The van der Waals surface area contributed by atoms with E-state index in [0.717, 1.165) is 19.3 Å². The van der Waals surface area contributed by atoms with Crippen LogP contribution in [0.25, 0.3) is 5.65 Å². The molecule has 2 aromatic heterocycles. The van der Waals surface area contributed by atoms with E-state index in [4.69, 9.17) is 9.47 Å². The summed E-state index contributed by atoms with van der Waals surface area (Å²) in [5.41, 5.74) is 0.856. The van der Waals surface area contributed by atoms with Gasteiger partial charge in [0.25, 0.3) is 0 Å². The highest BCUT2D eigenvalue weighted by Gasteiger charge is 2.35. The van der Waals surface area contributed by atoms with Gasteiger partial charge in [-0.2, -0.15) is 5.10 Å². The predicted octanol–water partition coefficient (Wildman–Crippen LogP) is 1.63. The Morgan fingerprint density at radius 2 is 2.48 bits per heavy atom. The lowest BCUT2D eigenvalue weighted by molar-refractivity contribution is 0.0528. The highest BCUT2D eigenvalue weighted by Crippen LogP contribution is 2.36. The Morgan fingerprint density at radius 3 is 3.33 bits per heavy atom. The number of nitrogens with zero attached hydrogens (tertiary/aromatic N) is 3. The van der Waals surface area contributed by atoms with Crippen LogP contribution < -0.4 is 10.1 Å². The molecule has 1 fully saturated rings. The molecule has 2 atom stereocenters. The highest BCUT2D eigenvalue weighted by molar-refractivity contribution is 5.95. The molecule has 3 heterocycles. The summed E-state index contributed by atoms with van der Waals surface area (Å²) >= 11 is 0. The Morgan fingerprint density at radius 1 is 1.57 bits per heavy atom. The van der Waals surface area contributed by atoms with E-state index in [1.54, 1.807) is 17.6 Å². The fraction of sp³-hybridized carbons (Fsp3) is 0.500. The number of esters is 1. The molecule has 0 radical (unpaired) electrons. The van der Waals surface area contributed by atoms with Crippen LogP contribution in [0.1, 0.15) is 36.5 Å². The molecule has 0 unspecified atom stereocenters. The lowest BCUT2D eigenvalue weighted by atomic mass is 10.2. The highest BCUT2D eigenvalue weighted by atomic mass is 16.5. The van der Waals surface area contributed by atoms with E-state index in [1.807, 2.05) is 0 Å². The molecule has 0 spiro atoms. The summed E-state index contributed by atoms with van der Waals surface area (Å²) < 4.78 is 12.6. The van der Waals surface area contributed by atoms with Crippen LogP contribution in [0.2, 0.25) is 0 Å². The maximum Gasteiger partial charge on any atom is 0.343 e. The van der Waals surface area contributed by atoms with Crippen LogP contribution in [0.15, 0.2) is 12.4 Å². The van der Waals surface area contributed by atoms with Crippen molar-refractivity contribution in [3.05, 3.63) is 18.0 Å². The smallest absolute Gasteiger partial charge is 0.343 e. The minimum Gasteiger partial charge on any atom is -0.483 e. The Balaban J connectivity index is 1.76. The molecule has 0 saturated heterocycles. The van der Waals surface area contributed by atoms with Gasteiger partial charge >= 0.3 is 5.97 Å². The van der Waals surface area contributed by atoms with Crippen molar-refractivity contribution in [1.29, 1.82) is 0 Å². The van der Waals surface area contributed by atoms with Crippen molar-refractivity contribution in [2.24, 2.45) is 0 Å². The Bertz CT molecular complexity index is 712. The van der Waals surface area contributed by atoms with Crippen molar-refractivity contribution in [1.82, 2.24) is 14.6 Å². The molecule has 7 nitrogen and oxygen atoms in total. The van der Waals surface area contributed by atoms with Crippen LogP contribution in [0.5, 0.6) is 5.75 Å². The fourth-order valence-electron chi connectivity index (χ4n) is 3.01. The minimum absolute atomic E-state index is 0.205. The van der Waals surface area contributed by atoms with E-state index in [9.17, 15) is 4.79 Å². The lowest BCUT2D eigenvalue weighted by Crippen LogP contribution is -2.37. The molecule has 0 aromatic carbocycles. The summed E-state index contributed by atoms with van der Waals surface area (Å²) in [6.07, 6.45) is 6.75. The Hall–Kier alpha value is -2.31. The fourth-order valence-corrected chi connectivity index (χ4v) is 3.01. The van der Waals surface area contributed by atoms with Crippen LogP contribution in [0.3, 0.4) is 0 Å². The molecule has 7 heteroatoms. The molecular formula is C14H16N4O3. The first-order valence-corrected chi connectivity index (χ1v) is 7.25. The van der Waals surface area contributed by atoms with Gasteiger partial charge in [0.1, 0.15) is 11.7 Å². The molecule has 1 aliphatic heterocycles. The summed E-state index contributed by atoms with van der Waals surface area (Å²) in [6.45, 7) is 2.10. The summed E-state index contributed by atoms with van der Waals surface area (Å²) in [6, 6.07) is 0.307. The standard InChI is InChI=1S/C14H16N4O3/c1-2-20-14(19)8-6-15-18-7-11-12(17-13(8)18)16-9-4-3-5-10(9)21-11/h6-7,9-10H,2-5H2,1H3,(H,16,17)/t9-,10+/m1/s1. The summed E-state index contributed by atoms with van der Waals surface area (Å²) in [4.78, 5) is 16.4.